The van der Waals surface area contributed by atoms with Crippen molar-refractivity contribution in [2.75, 3.05) is 27.2 Å². The lowest BCUT2D eigenvalue weighted by Gasteiger charge is -2.15. The predicted molar refractivity (Wildman–Crippen MR) is 63.4 cm³/mol. The predicted octanol–water partition coefficient (Wildman–Crippen LogP) is 2.10. The van der Waals surface area contributed by atoms with Crippen LogP contribution >= 0.6 is 0 Å². The van der Waals surface area contributed by atoms with Gasteiger partial charge in [0.1, 0.15) is 12.4 Å². The minimum atomic E-state index is -4.41. The van der Waals surface area contributed by atoms with E-state index in [1.54, 1.807) is 0 Å². The van der Waals surface area contributed by atoms with Crippen LogP contribution in [0.25, 0.3) is 0 Å². The van der Waals surface area contributed by atoms with Crippen molar-refractivity contribution >= 4 is 0 Å². The van der Waals surface area contributed by atoms with Crippen LogP contribution in [0.1, 0.15) is 11.1 Å². The lowest BCUT2D eigenvalue weighted by molar-refractivity contribution is -0.138. The lowest BCUT2D eigenvalue weighted by atomic mass is 10.1. The molecule has 0 aliphatic carbocycles. The summed E-state index contributed by atoms with van der Waals surface area (Å²) in [5, 5.41) is 0. The average Bonchev–Trinajstić information content (AvgIpc) is 2.27. The van der Waals surface area contributed by atoms with E-state index in [0.29, 0.717) is 13.2 Å². The highest BCUT2D eigenvalue weighted by Crippen LogP contribution is 2.34. The highest BCUT2D eigenvalue weighted by Gasteiger charge is 2.33. The fraction of sp³-hybridized carbons (Fsp3) is 0.500. The summed E-state index contributed by atoms with van der Waals surface area (Å²) in [6.07, 6.45) is -4.41. The molecule has 0 saturated heterocycles. The first-order chi connectivity index (χ1) is 8.34. The van der Waals surface area contributed by atoms with Gasteiger partial charge in [-0.2, -0.15) is 13.2 Å². The Balaban J connectivity index is 2.83. The smallest absolute Gasteiger partial charge is 0.416 e. The van der Waals surface area contributed by atoms with Gasteiger partial charge in [0.15, 0.2) is 0 Å². The van der Waals surface area contributed by atoms with Gasteiger partial charge < -0.3 is 15.4 Å². The van der Waals surface area contributed by atoms with E-state index < -0.39 is 11.7 Å². The van der Waals surface area contributed by atoms with Crippen molar-refractivity contribution in [3.05, 3.63) is 29.3 Å². The molecule has 2 N–H and O–H groups in total. The summed E-state index contributed by atoms with van der Waals surface area (Å²) in [6.45, 7) is 0.832. The normalized spacial score (nSPS) is 11.9. The highest BCUT2D eigenvalue weighted by atomic mass is 19.4. The van der Waals surface area contributed by atoms with Gasteiger partial charge in [-0.3, -0.25) is 0 Å². The molecule has 3 nitrogen and oxygen atoms in total. The molecule has 0 saturated carbocycles. The van der Waals surface area contributed by atoms with Gasteiger partial charge in [-0.25, -0.2) is 0 Å². The first-order valence-corrected chi connectivity index (χ1v) is 5.52. The molecule has 0 heterocycles. The van der Waals surface area contributed by atoms with Crippen LogP contribution in [0.2, 0.25) is 0 Å². The third-order valence-electron chi connectivity index (χ3n) is 2.41. The number of nitrogens with two attached hydrogens (primary N) is 1. The molecule has 1 rings (SSSR count). The van der Waals surface area contributed by atoms with Gasteiger partial charge >= 0.3 is 6.18 Å². The lowest BCUT2D eigenvalue weighted by Crippen LogP contribution is -2.19. The Bertz CT molecular complexity index is 391. The molecular weight excluding hydrogens is 245 g/mol. The Morgan fingerprint density at radius 3 is 2.44 bits per heavy atom. The van der Waals surface area contributed by atoms with Crippen LogP contribution in [-0.2, 0) is 12.7 Å². The molecule has 102 valence electrons. The van der Waals surface area contributed by atoms with Crippen LogP contribution in [0.4, 0.5) is 13.2 Å². The van der Waals surface area contributed by atoms with E-state index in [2.05, 4.69) is 0 Å². The van der Waals surface area contributed by atoms with Crippen LogP contribution in [0.5, 0.6) is 5.75 Å². The van der Waals surface area contributed by atoms with Crippen molar-refractivity contribution in [2.45, 2.75) is 12.7 Å². The van der Waals surface area contributed by atoms with Crippen molar-refractivity contribution in [3.63, 3.8) is 0 Å². The second-order valence-corrected chi connectivity index (χ2v) is 4.17. The molecule has 0 bridgehead atoms. The quantitative estimate of drug-likeness (QED) is 0.883. The number of halogens is 3. The van der Waals surface area contributed by atoms with Crippen LogP contribution < -0.4 is 10.5 Å². The molecule has 6 heteroatoms. The number of hydrogen-bond donors (Lipinski definition) is 1. The van der Waals surface area contributed by atoms with Gasteiger partial charge in [-0.15, -0.1) is 0 Å². The standard InChI is InChI=1S/C12H17F3N2O/c1-17(2)5-6-18-10-4-3-9(8-16)11(7-10)12(13,14)15/h3-4,7H,5-6,8,16H2,1-2H3. The van der Waals surface area contributed by atoms with Crippen LogP contribution in [0.15, 0.2) is 18.2 Å². The number of ether oxygens (including phenoxy) is 1. The molecule has 0 spiro atoms. The number of nitrogens with zero attached hydrogens (tertiary/aromatic N) is 1. The summed E-state index contributed by atoms with van der Waals surface area (Å²) >= 11 is 0. The van der Waals surface area contributed by atoms with Gasteiger partial charge in [0, 0.05) is 13.1 Å². The maximum absolute atomic E-state index is 12.7. The molecule has 0 aliphatic heterocycles. The highest BCUT2D eigenvalue weighted by molar-refractivity contribution is 5.37. The summed E-state index contributed by atoms with van der Waals surface area (Å²) in [4.78, 5) is 1.89. The zero-order valence-electron chi connectivity index (χ0n) is 10.4. The van der Waals surface area contributed by atoms with Crippen molar-refractivity contribution in [1.29, 1.82) is 0 Å². The summed E-state index contributed by atoms with van der Waals surface area (Å²) < 4.78 is 43.5. The minimum absolute atomic E-state index is 0.0717. The maximum Gasteiger partial charge on any atom is 0.416 e. The van der Waals surface area contributed by atoms with Crippen molar-refractivity contribution < 1.29 is 17.9 Å². The average molecular weight is 262 g/mol. The fourth-order valence-electron chi connectivity index (χ4n) is 1.43. The van der Waals surface area contributed by atoms with Gasteiger partial charge in [0.2, 0.25) is 0 Å². The topological polar surface area (TPSA) is 38.5 Å². The van der Waals surface area contributed by atoms with E-state index in [1.165, 1.54) is 12.1 Å². The molecule has 0 aromatic heterocycles. The molecule has 18 heavy (non-hydrogen) atoms. The molecule has 0 amide bonds. The first kappa shape index (κ1) is 14.8. The maximum atomic E-state index is 12.7. The monoisotopic (exact) mass is 262 g/mol. The number of benzene rings is 1. The summed E-state index contributed by atoms with van der Waals surface area (Å²) in [6, 6.07) is 3.86. The Labute approximate surface area is 104 Å². The molecular formula is C12H17F3N2O. The van der Waals surface area contributed by atoms with Gasteiger partial charge in [-0.1, -0.05) is 6.07 Å². The molecule has 0 atom stereocenters. The molecule has 0 fully saturated rings. The largest absolute Gasteiger partial charge is 0.492 e. The zero-order chi connectivity index (χ0) is 13.8. The van der Waals surface area contributed by atoms with Crippen LogP contribution in [0.3, 0.4) is 0 Å². The fourth-order valence-corrected chi connectivity index (χ4v) is 1.43. The Kier molecular flexibility index (Phi) is 4.98. The summed E-state index contributed by atoms with van der Waals surface area (Å²) in [5.74, 6) is 0.210. The minimum Gasteiger partial charge on any atom is -0.492 e. The first-order valence-electron chi connectivity index (χ1n) is 5.52. The Morgan fingerprint density at radius 1 is 1.28 bits per heavy atom. The second-order valence-electron chi connectivity index (χ2n) is 4.17. The Morgan fingerprint density at radius 2 is 1.94 bits per heavy atom. The van der Waals surface area contributed by atoms with Gasteiger partial charge in [-0.05, 0) is 31.8 Å². The zero-order valence-corrected chi connectivity index (χ0v) is 10.4. The van der Waals surface area contributed by atoms with E-state index in [0.717, 1.165) is 6.07 Å². The van der Waals surface area contributed by atoms with Gasteiger partial charge in [0.25, 0.3) is 0 Å². The third kappa shape index (κ3) is 4.19. The number of hydrogen-bond acceptors (Lipinski definition) is 3. The summed E-state index contributed by atoms with van der Waals surface area (Å²) in [7, 11) is 3.73. The third-order valence-corrected chi connectivity index (χ3v) is 2.41. The van der Waals surface area contributed by atoms with E-state index in [9.17, 15) is 13.2 Å². The molecule has 1 aromatic carbocycles. The van der Waals surface area contributed by atoms with Crippen LogP contribution in [0, 0.1) is 0 Å². The number of rotatable bonds is 5. The van der Waals surface area contributed by atoms with Crippen molar-refractivity contribution in [3.8, 4) is 5.75 Å². The van der Waals surface area contributed by atoms with E-state index >= 15 is 0 Å². The second kappa shape index (κ2) is 6.06. The summed E-state index contributed by atoms with van der Waals surface area (Å²) in [5.41, 5.74) is 4.63. The molecule has 1 aromatic rings. The molecule has 0 aliphatic rings. The molecule has 0 unspecified atom stereocenters. The van der Waals surface area contributed by atoms with Crippen molar-refractivity contribution in [2.24, 2.45) is 5.73 Å². The van der Waals surface area contributed by atoms with Crippen LogP contribution in [-0.4, -0.2) is 32.1 Å². The molecule has 0 radical (unpaired) electrons. The number of alkyl halides is 3. The van der Waals surface area contributed by atoms with Crippen molar-refractivity contribution in [1.82, 2.24) is 4.90 Å². The van der Waals surface area contributed by atoms with E-state index in [1.807, 2.05) is 19.0 Å². The SMILES string of the molecule is CN(C)CCOc1ccc(CN)c(C(F)(F)F)c1. The Hall–Kier alpha value is -1.27. The number of likely N-dealkylation sites (N-methyl/N-ethyl adjacent to an activating group) is 1. The van der Waals surface area contributed by atoms with E-state index in [4.69, 9.17) is 10.5 Å². The van der Waals surface area contributed by atoms with E-state index in [-0.39, 0.29) is 17.9 Å². The van der Waals surface area contributed by atoms with Gasteiger partial charge in [0.05, 0.1) is 5.56 Å².